The number of rotatable bonds is 5. The van der Waals surface area contributed by atoms with E-state index in [9.17, 15) is 4.79 Å². The van der Waals surface area contributed by atoms with E-state index >= 15 is 0 Å². The van der Waals surface area contributed by atoms with Crippen LogP contribution in [0.25, 0.3) is 10.6 Å². The molecule has 22 heavy (non-hydrogen) atoms. The summed E-state index contributed by atoms with van der Waals surface area (Å²) >= 11 is 1.64. The predicted octanol–water partition coefficient (Wildman–Crippen LogP) is 3.08. The number of furan rings is 1. The normalized spacial score (nSPS) is 10.6. The molecule has 0 fully saturated rings. The van der Waals surface area contributed by atoms with Crippen LogP contribution in [0.4, 0.5) is 0 Å². The van der Waals surface area contributed by atoms with Crippen LogP contribution in [0.15, 0.2) is 47.3 Å². The standard InChI is InChI=1S/C16H15N3O2S/c1-11-14(6-8-18-15(20)13-5-3-9-21-13)22-16(19-11)12-4-2-7-17-10-12/h2-5,7,9-10H,6,8H2,1H3,(H,18,20). The van der Waals surface area contributed by atoms with Gasteiger partial charge < -0.3 is 9.73 Å². The molecular formula is C16H15N3O2S. The van der Waals surface area contributed by atoms with Crippen LogP contribution in [0, 0.1) is 6.92 Å². The largest absolute Gasteiger partial charge is 0.459 e. The van der Waals surface area contributed by atoms with Crippen molar-refractivity contribution in [2.45, 2.75) is 13.3 Å². The van der Waals surface area contributed by atoms with E-state index < -0.39 is 0 Å². The Hall–Kier alpha value is -2.47. The van der Waals surface area contributed by atoms with Crippen molar-refractivity contribution < 1.29 is 9.21 Å². The first-order valence-corrected chi connectivity index (χ1v) is 7.74. The van der Waals surface area contributed by atoms with Gasteiger partial charge in [-0.25, -0.2) is 4.98 Å². The fourth-order valence-electron chi connectivity index (χ4n) is 2.06. The van der Waals surface area contributed by atoms with E-state index in [1.54, 1.807) is 35.9 Å². The van der Waals surface area contributed by atoms with Gasteiger partial charge in [-0.15, -0.1) is 11.3 Å². The van der Waals surface area contributed by atoms with E-state index in [4.69, 9.17) is 4.42 Å². The van der Waals surface area contributed by atoms with Crippen molar-refractivity contribution in [2.75, 3.05) is 6.54 Å². The summed E-state index contributed by atoms with van der Waals surface area (Å²) in [5.74, 6) is 0.136. The molecule has 3 heterocycles. The summed E-state index contributed by atoms with van der Waals surface area (Å²) in [7, 11) is 0. The van der Waals surface area contributed by atoms with Gasteiger partial charge >= 0.3 is 0 Å². The number of nitrogens with zero attached hydrogens (tertiary/aromatic N) is 2. The van der Waals surface area contributed by atoms with Crippen LogP contribution >= 0.6 is 11.3 Å². The number of pyridine rings is 1. The van der Waals surface area contributed by atoms with Gasteiger partial charge in [0.2, 0.25) is 0 Å². The van der Waals surface area contributed by atoms with E-state index in [-0.39, 0.29) is 5.91 Å². The Morgan fingerprint density at radius 3 is 3.00 bits per heavy atom. The number of amides is 1. The first-order valence-electron chi connectivity index (χ1n) is 6.92. The fraction of sp³-hybridized carbons (Fsp3) is 0.188. The van der Waals surface area contributed by atoms with Crippen LogP contribution in [-0.4, -0.2) is 22.4 Å². The number of hydrogen-bond donors (Lipinski definition) is 1. The average Bonchev–Trinajstić information content (AvgIpc) is 3.18. The third-order valence-electron chi connectivity index (χ3n) is 3.18. The van der Waals surface area contributed by atoms with E-state index in [0.29, 0.717) is 12.3 Å². The lowest BCUT2D eigenvalue weighted by Gasteiger charge is -2.01. The van der Waals surface area contributed by atoms with Gasteiger partial charge in [0.25, 0.3) is 5.91 Å². The van der Waals surface area contributed by atoms with Crippen LogP contribution in [0.1, 0.15) is 21.1 Å². The molecule has 112 valence electrons. The predicted molar refractivity (Wildman–Crippen MR) is 84.8 cm³/mol. The van der Waals surface area contributed by atoms with E-state index in [2.05, 4.69) is 15.3 Å². The van der Waals surface area contributed by atoms with Crippen molar-refractivity contribution in [1.82, 2.24) is 15.3 Å². The molecule has 3 rings (SSSR count). The number of nitrogens with one attached hydrogen (secondary N) is 1. The average molecular weight is 313 g/mol. The Balaban J connectivity index is 1.61. The van der Waals surface area contributed by atoms with Gasteiger partial charge in [0.15, 0.2) is 5.76 Å². The summed E-state index contributed by atoms with van der Waals surface area (Å²) in [6, 6.07) is 7.24. The SMILES string of the molecule is Cc1nc(-c2cccnc2)sc1CCNC(=O)c1ccco1. The summed E-state index contributed by atoms with van der Waals surface area (Å²) in [5.41, 5.74) is 2.01. The summed E-state index contributed by atoms with van der Waals surface area (Å²) in [6.07, 6.45) is 5.79. The minimum absolute atomic E-state index is 0.195. The molecule has 0 aliphatic heterocycles. The summed E-state index contributed by atoms with van der Waals surface area (Å²) in [4.78, 5) is 21.6. The molecule has 3 aromatic rings. The van der Waals surface area contributed by atoms with Crippen molar-refractivity contribution >= 4 is 17.2 Å². The number of hydrogen-bond acceptors (Lipinski definition) is 5. The van der Waals surface area contributed by atoms with Crippen LogP contribution in [0.2, 0.25) is 0 Å². The van der Waals surface area contributed by atoms with Gasteiger partial charge in [-0.3, -0.25) is 9.78 Å². The molecule has 0 radical (unpaired) electrons. The van der Waals surface area contributed by atoms with Gasteiger partial charge in [-0.05, 0) is 31.2 Å². The number of aromatic nitrogens is 2. The van der Waals surface area contributed by atoms with Crippen LogP contribution in [0.5, 0.6) is 0 Å². The van der Waals surface area contributed by atoms with Gasteiger partial charge in [0.1, 0.15) is 5.01 Å². The van der Waals surface area contributed by atoms with Crippen molar-refractivity contribution in [3.05, 3.63) is 59.3 Å². The molecule has 0 unspecified atom stereocenters. The monoisotopic (exact) mass is 313 g/mol. The summed E-state index contributed by atoms with van der Waals surface area (Å²) in [6.45, 7) is 2.54. The third kappa shape index (κ3) is 3.23. The Bertz CT molecular complexity index is 751. The maximum atomic E-state index is 11.8. The molecule has 1 amide bonds. The Kier molecular flexibility index (Phi) is 4.29. The smallest absolute Gasteiger partial charge is 0.286 e. The van der Waals surface area contributed by atoms with Gasteiger partial charge in [-0.1, -0.05) is 0 Å². The molecule has 3 aromatic heterocycles. The lowest BCUT2D eigenvalue weighted by Crippen LogP contribution is -2.25. The minimum atomic E-state index is -0.195. The molecule has 0 atom stereocenters. The highest BCUT2D eigenvalue weighted by molar-refractivity contribution is 7.15. The van der Waals surface area contributed by atoms with Crippen LogP contribution in [-0.2, 0) is 6.42 Å². The van der Waals surface area contributed by atoms with Crippen LogP contribution < -0.4 is 5.32 Å². The number of carbonyl (C=O) groups is 1. The summed E-state index contributed by atoms with van der Waals surface area (Å²) < 4.78 is 5.05. The first-order chi connectivity index (χ1) is 10.7. The molecule has 0 saturated carbocycles. The van der Waals surface area contributed by atoms with Crippen molar-refractivity contribution in [3.8, 4) is 10.6 Å². The maximum Gasteiger partial charge on any atom is 0.286 e. The molecule has 1 N–H and O–H groups in total. The molecule has 0 aliphatic carbocycles. The third-order valence-corrected chi connectivity index (χ3v) is 4.45. The second kappa shape index (κ2) is 6.53. The fourth-order valence-corrected chi connectivity index (χ4v) is 3.11. The molecule has 0 spiro atoms. The molecule has 6 heteroatoms. The zero-order valence-corrected chi connectivity index (χ0v) is 12.9. The molecule has 5 nitrogen and oxygen atoms in total. The zero-order valence-electron chi connectivity index (χ0n) is 12.1. The Morgan fingerprint density at radius 2 is 2.27 bits per heavy atom. The molecule has 0 bridgehead atoms. The number of aryl methyl sites for hydroxylation is 1. The highest BCUT2D eigenvalue weighted by Gasteiger charge is 2.11. The molecule has 0 aromatic carbocycles. The van der Waals surface area contributed by atoms with Gasteiger partial charge in [-0.2, -0.15) is 0 Å². The first kappa shape index (κ1) is 14.5. The van der Waals surface area contributed by atoms with Crippen LogP contribution in [0.3, 0.4) is 0 Å². The second-order valence-corrected chi connectivity index (χ2v) is 5.84. The Morgan fingerprint density at radius 1 is 1.36 bits per heavy atom. The van der Waals surface area contributed by atoms with E-state index in [0.717, 1.165) is 22.7 Å². The topological polar surface area (TPSA) is 68.0 Å². The van der Waals surface area contributed by atoms with E-state index in [1.165, 1.54) is 11.1 Å². The lowest BCUT2D eigenvalue weighted by molar-refractivity contribution is 0.0926. The van der Waals surface area contributed by atoms with E-state index in [1.807, 2.05) is 19.1 Å². The molecule has 0 aliphatic rings. The highest BCUT2D eigenvalue weighted by Crippen LogP contribution is 2.27. The highest BCUT2D eigenvalue weighted by atomic mass is 32.1. The van der Waals surface area contributed by atoms with Crippen molar-refractivity contribution in [1.29, 1.82) is 0 Å². The maximum absolute atomic E-state index is 11.8. The van der Waals surface area contributed by atoms with Crippen molar-refractivity contribution in [3.63, 3.8) is 0 Å². The van der Waals surface area contributed by atoms with Gasteiger partial charge in [0.05, 0.1) is 12.0 Å². The summed E-state index contributed by atoms with van der Waals surface area (Å²) in [5, 5.41) is 3.80. The minimum Gasteiger partial charge on any atom is -0.459 e. The lowest BCUT2D eigenvalue weighted by atomic mass is 10.3. The number of carbonyl (C=O) groups excluding carboxylic acids is 1. The van der Waals surface area contributed by atoms with Gasteiger partial charge in [0, 0.05) is 35.8 Å². The second-order valence-electron chi connectivity index (χ2n) is 4.75. The van der Waals surface area contributed by atoms with Crippen molar-refractivity contribution in [2.24, 2.45) is 0 Å². The molecule has 0 saturated heterocycles. The Labute approximate surface area is 132 Å². The molecular weight excluding hydrogens is 298 g/mol. The number of thiazole rings is 1. The quantitative estimate of drug-likeness (QED) is 0.786. The zero-order chi connectivity index (χ0) is 15.4.